The fraction of sp³-hybridized carbons (Fsp3) is 0.625. The smallest absolute Gasteiger partial charge is 0.167 e. The van der Waals surface area contributed by atoms with Crippen LogP contribution in [0.1, 0.15) is 44.1 Å². The molecule has 2 aliphatic carbocycles. The van der Waals surface area contributed by atoms with Crippen molar-refractivity contribution in [2.75, 3.05) is 13.7 Å². The van der Waals surface area contributed by atoms with Crippen LogP contribution < -0.4 is 15.2 Å². The van der Waals surface area contributed by atoms with E-state index in [-0.39, 0.29) is 5.54 Å². The summed E-state index contributed by atoms with van der Waals surface area (Å²) in [5.74, 6) is 2.35. The summed E-state index contributed by atoms with van der Waals surface area (Å²) in [5, 5.41) is 0. The molecule has 0 heterocycles. The van der Waals surface area contributed by atoms with E-state index >= 15 is 0 Å². The van der Waals surface area contributed by atoms with Gasteiger partial charge in [-0.15, -0.1) is 0 Å². The SMILES string of the molecule is COc1ccc(Br)c(C2(N)CCCC2)c1OCC1CC1. The van der Waals surface area contributed by atoms with Gasteiger partial charge < -0.3 is 15.2 Å². The third kappa shape index (κ3) is 2.68. The van der Waals surface area contributed by atoms with Crippen LogP contribution in [0.4, 0.5) is 0 Å². The van der Waals surface area contributed by atoms with Gasteiger partial charge in [-0.3, -0.25) is 0 Å². The van der Waals surface area contributed by atoms with Gasteiger partial charge >= 0.3 is 0 Å². The van der Waals surface area contributed by atoms with Gasteiger partial charge in [0, 0.05) is 15.6 Å². The minimum Gasteiger partial charge on any atom is -0.493 e. The normalized spacial score (nSPS) is 20.9. The second-order valence-corrected chi connectivity index (χ2v) is 6.93. The molecule has 0 bridgehead atoms. The summed E-state index contributed by atoms with van der Waals surface area (Å²) in [5.41, 5.74) is 7.47. The van der Waals surface area contributed by atoms with Crippen LogP contribution in [0.2, 0.25) is 0 Å². The molecule has 1 aromatic carbocycles. The Kier molecular flexibility index (Phi) is 3.95. The van der Waals surface area contributed by atoms with Crippen molar-refractivity contribution in [3.8, 4) is 11.5 Å². The number of ether oxygens (including phenoxy) is 2. The molecule has 20 heavy (non-hydrogen) atoms. The highest BCUT2D eigenvalue weighted by atomic mass is 79.9. The summed E-state index contributed by atoms with van der Waals surface area (Å²) in [6, 6.07) is 3.97. The molecule has 110 valence electrons. The molecule has 3 nitrogen and oxygen atoms in total. The number of benzene rings is 1. The maximum atomic E-state index is 6.66. The monoisotopic (exact) mass is 339 g/mol. The first-order valence-corrected chi connectivity index (χ1v) is 8.22. The van der Waals surface area contributed by atoms with Crippen LogP contribution in [0, 0.1) is 5.92 Å². The average molecular weight is 340 g/mol. The largest absolute Gasteiger partial charge is 0.493 e. The lowest BCUT2D eigenvalue weighted by atomic mass is 9.88. The van der Waals surface area contributed by atoms with Crippen molar-refractivity contribution in [2.45, 2.75) is 44.1 Å². The molecule has 0 aromatic heterocycles. The van der Waals surface area contributed by atoms with Gasteiger partial charge in [-0.2, -0.15) is 0 Å². The number of hydrogen-bond acceptors (Lipinski definition) is 3. The lowest BCUT2D eigenvalue weighted by Gasteiger charge is -2.29. The molecule has 0 saturated heterocycles. The molecule has 2 saturated carbocycles. The number of rotatable bonds is 5. The molecule has 2 N–H and O–H groups in total. The molecular weight excluding hydrogens is 318 g/mol. The standard InChI is InChI=1S/C16H22BrNO2/c1-19-13-7-6-12(17)14(16(18)8-2-3-9-16)15(13)20-10-11-4-5-11/h6-7,11H,2-5,8-10,18H2,1H3. The van der Waals surface area contributed by atoms with Crippen molar-refractivity contribution in [1.29, 1.82) is 0 Å². The number of methoxy groups -OCH3 is 1. The Morgan fingerprint density at radius 3 is 2.60 bits per heavy atom. The van der Waals surface area contributed by atoms with Gasteiger partial charge in [0.2, 0.25) is 0 Å². The zero-order valence-electron chi connectivity index (χ0n) is 12.0. The number of halogens is 1. The first-order chi connectivity index (χ1) is 9.64. The van der Waals surface area contributed by atoms with Gasteiger partial charge in [-0.05, 0) is 43.7 Å². The number of hydrogen-bond donors (Lipinski definition) is 1. The second-order valence-electron chi connectivity index (χ2n) is 6.07. The quantitative estimate of drug-likeness (QED) is 0.882. The first-order valence-electron chi connectivity index (χ1n) is 7.43. The third-order valence-corrected chi connectivity index (χ3v) is 5.11. The maximum absolute atomic E-state index is 6.66. The van der Waals surface area contributed by atoms with E-state index in [1.165, 1.54) is 25.7 Å². The minimum absolute atomic E-state index is 0.285. The lowest BCUT2D eigenvalue weighted by molar-refractivity contribution is 0.269. The summed E-state index contributed by atoms with van der Waals surface area (Å²) < 4.78 is 12.6. The van der Waals surface area contributed by atoms with Gasteiger partial charge in [-0.1, -0.05) is 28.8 Å². The average Bonchev–Trinajstić information content (AvgIpc) is 3.17. The molecule has 0 spiro atoms. The summed E-state index contributed by atoms with van der Waals surface area (Å²) in [6.45, 7) is 0.774. The minimum atomic E-state index is -0.285. The van der Waals surface area contributed by atoms with Crippen LogP contribution in [-0.2, 0) is 5.54 Å². The van der Waals surface area contributed by atoms with Crippen LogP contribution in [0.5, 0.6) is 11.5 Å². The van der Waals surface area contributed by atoms with E-state index in [4.69, 9.17) is 15.2 Å². The van der Waals surface area contributed by atoms with Gasteiger partial charge in [0.1, 0.15) is 0 Å². The summed E-state index contributed by atoms with van der Waals surface area (Å²) in [7, 11) is 1.69. The van der Waals surface area contributed by atoms with Crippen LogP contribution in [0.25, 0.3) is 0 Å². The lowest BCUT2D eigenvalue weighted by Crippen LogP contribution is -2.34. The van der Waals surface area contributed by atoms with Gasteiger partial charge in [0.05, 0.1) is 13.7 Å². The van der Waals surface area contributed by atoms with E-state index in [9.17, 15) is 0 Å². The van der Waals surface area contributed by atoms with Crippen LogP contribution in [0.15, 0.2) is 16.6 Å². The first kappa shape index (κ1) is 14.2. The fourth-order valence-electron chi connectivity index (χ4n) is 3.05. The maximum Gasteiger partial charge on any atom is 0.167 e. The van der Waals surface area contributed by atoms with Crippen molar-refractivity contribution >= 4 is 15.9 Å². The van der Waals surface area contributed by atoms with Crippen molar-refractivity contribution in [1.82, 2.24) is 0 Å². The van der Waals surface area contributed by atoms with Crippen molar-refractivity contribution < 1.29 is 9.47 Å². The molecule has 0 aliphatic heterocycles. The molecule has 0 amide bonds. The fourth-order valence-corrected chi connectivity index (χ4v) is 3.76. The topological polar surface area (TPSA) is 44.5 Å². The number of nitrogens with two attached hydrogens (primary N) is 1. The Bertz CT molecular complexity index is 493. The van der Waals surface area contributed by atoms with E-state index in [1.807, 2.05) is 12.1 Å². The van der Waals surface area contributed by atoms with Crippen LogP contribution in [0.3, 0.4) is 0 Å². The molecule has 2 fully saturated rings. The Morgan fingerprint density at radius 1 is 1.30 bits per heavy atom. The Hall–Kier alpha value is -0.740. The van der Waals surface area contributed by atoms with E-state index in [2.05, 4.69) is 15.9 Å². The zero-order chi connectivity index (χ0) is 14.2. The molecule has 1 aromatic rings. The molecular formula is C16H22BrNO2. The predicted molar refractivity (Wildman–Crippen MR) is 83.2 cm³/mol. The highest BCUT2D eigenvalue weighted by Crippen LogP contribution is 2.48. The Labute approximate surface area is 129 Å². The Morgan fingerprint density at radius 2 is 2.00 bits per heavy atom. The molecule has 0 atom stereocenters. The van der Waals surface area contributed by atoms with Gasteiger partial charge in [0.15, 0.2) is 11.5 Å². The molecule has 2 aliphatic rings. The van der Waals surface area contributed by atoms with E-state index in [1.54, 1.807) is 7.11 Å². The van der Waals surface area contributed by atoms with Crippen molar-refractivity contribution in [2.24, 2.45) is 11.7 Å². The summed E-state index contributed by atoms with van der Waals surface area (Å²) in [4.78, 5) is 0. The van der Waals surface area contributed by atoms with Crippen LogP contribution in [-0.4, -0.2) is 13.7 Å². The van der Waals surface area contributed by atoms with Gasteiger partial charge in [-0.25, -0.2) is 0 Å². The Balaban J connectivity index is 1.99. The molecule has 0 radical (unpaired) electrons. The van der Waals surface area contributed by atoms with Gasteiger partial charge in [0.25, 0.3) is 0 Å². The molecule has 4 heteroatoms. The molecule has 0 unspecified atom stereocenters. The zero-order valence-corrected chi connectivity index (χ0v) is 13.5. The molecule has 3 rings (SSSR count). The summed E-state index contributed by atoms with van der Waals surface area (Å²) in [6.07, 6.45) is 6.94. The van der Waals surface area contributed by atoms with E-state index < -0.39 is 0 Å². The van der Waals surface area contributed by atoms with Crippen LogP contribution >= 0.6 is 15.9 Å². The highest BCUT2D eigenvalue weighted by molar-refractivity contribution is 9.10. The highest BCUT2D eigenvalue weighted by Gasteiger charge is 2.37. The van der Waals surface area contributed by atoms with Crippen molar-refractivity contribution in [3.05, 3.63) is 22.2 Å². The second kappa shape index (κ2) is 5.57. The predicted octanol–water partition coefficient (Wildman–Crippen LogP) is 3.97. The van der Waals surface area contributed by atoms with Crippen molar-refractivity contribution in [3.63, 3.8) is 0 Å². The van der Waals surface area contributed by atoms with E-state index in [0.717, 1.165) is 41.0 Å². The summed E-state index contributed by atoms with van der Waals surface area (Å²) >= 11 is 3.66. The van der Waals surface area contributed by atoms with E-state index in [0.29, 0.717) is 5.92 Å². The third-order valence-electron chi connectivity index (χ3n) is 4.44.